The van der Waals surface area contributed by atoms with Crippen molar-refractivity contribution < 1.29 is 15.1 Å². The second-order valence-electron chi connectivity index (χ2n) is 4.38. The third-order valence-electron chi connectivity index (χ3n) is 3.18. The number of carbonyl (C=O) groups excluding carboxylic acids is 1. The summed E-state index contributed by atoms with van der Waals surface area (Å²) in [6, 6.07) is 6.84. The summed E-state index contributed by atoms with van der Waals surface area (Å²) in [4.78, 5) is 12.0. The van der Waals surface area contributed by atoms with Crippen LogP contribution in [0.4, 0.5) is 5.69 Å². The Balaban J connectivity index is 2.07. The predicted octanol–water partition coefficient (Wildman–Crippen LogP) is 0.644. The van der Waals surface area contributed by atoms with Gasteiger partial charge in [0.25, 0.3) is 0 Å². The summed E-state index contributed by atoms with van der Waals surface area (Å²) in [5.41, 5.74) is 6.05. The van der Waals surface area contributed by atoms with Crippen LogP contribution in [0.25, 0.3) is 0 Å². The van der Waals surface area contributed by atoms with Crippen molar-refractivity contribution in [1.82, 2.24) is 0 Å². The average Bonchev–Trinajstić information content (AvgIpc) is 3.20. The van der Waals surface area contributed by atoms with Gasteiger partial charge in [0, 0.05) is 5.69 Å². The molecule has 1 aromatic rings. The molecule has 0 atom stereocenters. The normalized spacial score (nSPS) is 17.3. The van der Waals surface area contributed by atoms with Gasteiger partial charge in [-0.05, 0) is 30.5 Å². The number of aliphatic hydroxyl groups is 1. The van der Waals surface area contributed by atoms with Gasteiger partial charge in [-0.15, -0.1) is 0 Å². The zero-order chi connectivity index (χ0) is 13.2. The van der Waals surface area contributed by atoms with Crippen molar-refractivity contribution in [3.63, 3.8) is 0 Å². The molecule has 0 spiro atoms. The molecule has 96 valence electrons. The first kappa shape index (κ1) is 12.4. The van der Waals surface area contributed by atoms with Crippen LogP contribution in [-0.4, -0.2) is 22.1 Å². The van der Waals surface area contributed by atoms with Gasteiger partial charge in [-0.25, -0.2) is 0 Å². The number of amides is 1. The number of oxime groups is 1. The van der Waals surface area contributed by atoms with Gasteiger partial charge in [-0.2, -0.15) is 0 Å². The van der Waals surface area contributed by atoms with E-state index in [4.69, 9.17) is 16.0 Å². The molecule has 6 nitrogen and oxygen atoms in total. The van der Waals surface area contributed by atoms with Crippen LogP contribution in [0, 0.1) is 5.41 Å². The first-order valence-corrected chi connectivity index (χ1v) is 5.61. The van der Waals surface area contributed by atoms with E-state index in [9.17, 15) is 4.79 Å². The monoisotopic (exact) mass is 249 g/mol. The Kier molecular flexibility index (Phi) is 3.20. The van der Waals surface area contributed by atoms with Gasteiger partial charge in [0.15, 0.2) is 5.84 Å². The predicted molar refractivity (Wildman–Crippen MR) is 66.1 cm³/mol. The number of aliphatic hydroxyl groups excluding tert-OH is 1. The number of nitrogens with two attached hydrogens (primary N) is 1. The number of amidine groups is 1. The minimum absolute atomic E-state index is 0.0394. The van der Waals surface area contributed by atoms with Crippen LogP contribution in [0.15, 0.2) is 29.4 Å². The molecule has 1 aliphatic carbocycles. The highest BCUT2D eigenvalue weighted by atomic mass is 16.4. The van der Waals surface area contributed by atoms with Crippen LogP contribution in [-0.2, 0) is 11.4 Å². The standard InChI is InChI=1S/C12H15N3O3/c13-10(15-18)12(5-6-12)11(17)14-9-3-1-8(7-16)2-4-9/h1-4,16,18H,5-7H2,(H2,13,15)(H,14,17). The minimum atomic E-state index is -0.857. The summed E-state index contributed by atoms with van der Waals surface area (Å²) >= 11 is 0. The molecule has 0 aliphatic heterocycles. The maximum Gasteiger partial charge on any atom is 0.238 e. The van der Waals surface area contributed by atoms with Crippen LogP contribution in [0.2, 0.25) is 0 Å². The molecule has 0 bridgehead atoms. The summed E-state index contributed by atoms with van der Waals surface area (Å²) in [6.07, 6.45) is 1.17. The Bertz CT molecular complexity index is 478. The zero-order valence-electron chi connectivity index (χ0n) is 9.76. The van der Waals surface area contributed by atoms with Gasteiger partial charge >= 0.3 is 0 Å². The second kappa shape index (κ2) is 4.66. The second-order valence-corrected chi connectivity index (χ2v) is 4.38. The summed E-state index contributed by atoms with van der Waals surface area (Å²) in [7, 11) is 0. The van der Waals surface area contributed by atoms with Gasteiger partial charge in [-0.3, -0.25) is 4.79 Å². The molecule has 1 aromatic carbocycles. The fraction of sp³-hybridized carbons (Fsp3) is 0.333. The molecule has 0 saturated heterocycles. The van der Waals surface area contributed by atoms with Crippen LogP contribution in [0.3, 0.4) is 0 Å². The lowest BCUT2D eigenvalue weighted by molar-refractivity contribution is -0.119. The van der Waals surface area contributed by atoms with Gasteiger partial charge < -0.3 is 21.4 Å². The van der Waals surface area contributed by atoms with Crippen molar-refractivity contribution in [2.75, 3.05) is 5.32 Å². The molecule has 0 unspecified atom stereocenters. The number of hydrogen-bond donors (Lipinski definition) is 4. The number of rotatable bonds is 4. The van der Waals surface area contributed by atoms with Crippen molar-refractivity contribution in [3.8, 4) is 0 Å². The Labute approximate surface area is 104 Å². The van der Waals surface area contributed by atoms with Crippen LogP contribution in [0.5, 0.6) is 0 Å². The van der Waals surface area contributed by atoms with E-state index in [1.54, 1.807) is 24.3 Å². The van der Waals surface area contributed by atoms with E-state index in [0.29, 0.717) is 18.5 Å². The molecule has 6 heteroatoms. The molecule has 1 aliphatic rings. The molecule has 18 heavy (non-hydrogen) atoms. The molecular formula is C12H15N3O3. The SMILES string of the molecule is N/C(=N/O)C1(C(=O)Nc2ccc(CO)cc2)CC1. The maximum absolute atomic E-state index is 12.0. The summed E-state index contributed by atoms with van der Waals surface area (Å²) in [5, 5.41) is 23.2. The minimum Gasteiger partial charge on any atom is -0.409 e. The lowest BCUT2D eigenvalue weighted by atomic mass is 10.1. The lowest BCUT2D eigenvalue weighted by Gasteiger charge is -2.13. The molecule has 0 aromatic heterocycles. The van der Waals surface area contributed by atoms with E-state index in [1.807, 2.05) is 0 Å². The number of benzene rings is 1. The number of carbonyl (C=O) groups is 1. The first-order valence-electron chi connectivity index (χ1n) is 5.61. The third kappa shape index (κ3) is 2.14. The number of hydrogen-bond acceptors (Lipinski definition) is 4. The van der Waals surface area contributed by atoms with E-state index >= 15 is 0 Å². The molecule has 2 rings (SSSR count). The Morgan fingerprint density at radius 2 is 2.00 bits per heavy atom. The van der Waals surface area contributed by atoms with Crippen molar-refractivity contribution in [1.29, 1.82) is 0 Å². The Morgan fingerprint density at radius 3 is 2.44 bits per heavy atom. The fourth-order valence-electron chi connectivity index (χ4n) is 1.76. The topological polar surface area (TPSA) is 108 Å². The molecule has 0 radical (unpaired) electrons. The summed E-state index contributed by atoms with van der Waals surface area (Å²) < 4.78 is 0. The molecule has 0 heterocycles. The van der Waals surface area contributed by atoms with E-state index in [1.165, 1.54) is 0 Å². The van der Waals surface area contributed by atoms with E-state index < -0.39 is 5.41 Å². The highest BCUT2D eigenvalue weighted by Gasteiger charge is 2.54. The van der Waals surface area contributed by atoms with Crippen molar-refractivity contribution in [3.05, 3.63) is 29.8 Å². The summed E-state index contributed by atoms with van der Waals surface area (Å²) in [5.74, 6) is -0.318. The quantitative estimate of drug-likeness (QED) is 0.272. The van der Waals surface area contributed by atoms with Gasteiger partial charge in [0.1, 0.15) is 5.41 Å². The van der Waals surface area contributed by atoms with E-state index in [0.717, 1.165) is 5.56 Å². The molecule has 1 saturated carbocycles. The zero-order valence-corrected chi connectivity index (χ0v) is 9.76. The maximum atomic E-state index is 12.0. The van der Waals surface area contributed by atoms with Crippen molar-refractivity contribution >= 4 is 17.4 Å². The van der Waals surface area contributed by atoms with Crippen LogP contribution < -0.4 is 11.1 Å². The molecule has 1 amide bonds. The van der Waals surface area contributed by atoms with Crippen LogP contribution in [0.1, 0.15) is 18.4 Å². The average molecular weight is 249 g/mol. The smallest absolute Gasteiger partial charge is 0.238 e. The number of nitrogens with one attached hydrogen (secondary N) is 1. The molecule has 5 N–H and O–H groups in total. The Hall–Kier alpha value is -2.08. The lowest BCUT2D eigenvalue weighted by Crippen LogP contribution is -2.36. The summed E-state index contributed by atoms with van der Waals surface area (Å²) in [6.45, 7) is -0.0394. The number of nitrogens with zero attached hydrogens (tertiary/aromatic N) is 1. The largest absolute Gasteiger partial charge is 0.409 e. The number of anilines is 1. The van der Waals surface area contributed by atoms with E-state index in [-0.39, 0.29) is 18.3 Å². The first-order chi connectivity index (χ1) is 8.62. The van der Waals surface area contributed by atoms with Gasteiger partial charge in [-0.1, -0.05) is 17.3 Å². The molecular weight excluding hydrogens is 234 g/mol. The van der Waals surface area contributed by atoms with Gasteiger partial charge in [0.2, 0.25) is 5.91 Å². The fourth-order valence-corrected chi connectivity index (χ4v) is 1.76. The third-order valence-corrected chi connectivity index (χ3v) is 3.18. The highest BCUT2D eigenvalue weighted by Crippen LogP contribution is 2.46. The Morgan fingerprint density at radius 1 is 1.39 bits per heavy atom. The van der Waals surface area contributed by atoms with Crippen LogP contribution >= 0.6 is 0 Å². The van der Waals surface area contributed by atoms with E-state index in [2.05, 4.69) is 10.5 Å². The van der Waals surface area contributed by atoms with Gasteiger partial charge in [0.05, 0.1) is 6.61 Å². The highest BCUT2D eigenvalue weighted by molar-refractivity contribution is 6.14. The van der Waals surface area contributed by atoms with Crippen molar-refractivity contribution in [2.45, 2.75) is 19.4 Å². The molecule has 1 fully saturated rings. The van der Waals surface area contributed by atoms with Crippen molar-refractivity contribution in [2.24, 2.45) is 16.3 Å².